The van der Waals surface area contributed by atoms with Crippen molar-refractivity contribution in [2.45, 2.75) is 12.2 Å². The van der Waals surface area contributed by atoms with Gasteiger partial charge in [-0.05, 0) is 0 Å². The van der Waals surface area contributed by atoms with Gasteiger partial charge in [0.2, 0.25) is 10.0 Å². The molecule has 0 amide bonds. The van der Waals surface area contributed by atoms with Crippen molar-refractivity contribution in [2.24, 2.45) is 0 Å². The third-order valence-corrected chi connectivity index (χ3v) is 3.16. The second-order valence-electron chi connectivity index (χ2n) is 2.79. The first kappa shape index (κ1) is 6.57. The Labute approximate surface area is 59.8 Å². The summed E-state index contributed by atoms with van der Waals surface area (Å²) in [5.41, 5.74) is 0. The van der Waals surface area contributed by atoms with Crippen molar-refractivity contribution in [3.63, 3.8) is 0 Å². The summed E-state index contributed by atoms with van der Waals surface area (Å²) in [6.07, 6.45) is 1.64. The van der Waals surface area contributed by atoms with Gasteiger partial charge in [0.1, 0.15) is 0 Å². The molecule has 4 nitrogen and oxygen atoms in total. The highest BCUT2D eigenvalue weighted by Crippen LogP contribution is 2.31. The number of morpholine rings is 1. The maximum Gasteiger partial charge on any atom is 0.211 e. The molecule has 2 rings (SSSR count). The molecule has 10 heavy (non-hydrogen) atoms. The average molecular weight is 163 g/mol. The van der Waals surface area contributed by atoms with Crippen LogP contribution in [-0.4, -0.2) is 44.3 Å². The van der Waals surface area contributed by atoms with E-state index in [0.717, 1.165) is 0 Å². The minimum atomic E-state index is -2.95. The third kappa shape index (κ3) is 0.941. The molecule has 0 aromatic rings. The van der Waals surface area contributed by atoms with Crippen molar-refractivity contribution in [2.75, 3.05) is 19.3 Å². The van der Waals surface area contributed by atoms with E-state index in [1.807, 2.05) is 0 Å². The number of ether oxygens (including phenoxy) is 1. The Bertz CT molecular complexity index is 238. The highest BCUT2D eigenvalue weighted by atomic mass is 32.2. The van der Waals surface area contributed by atoms with Gasteiger partial charge in [-0.2, -0.15) is 4.31 Å². The summed E-state index contributed by atoms with van der Waals surface area (Å²) in [5, 5.41) is 0. The summed E-state index contributed by atoms with van der Waals surface area (Å²) in [6.45, 7) is 1.12. The number of rotatable bonds is 1. The molecule has 0 unspecified atom stereocenters. The molecule has 0 aliphatic carbocycles. The van der Waals surface area contributed by atoms with E-state index in [0.29, 0.717) is 13.1 Å². The lowest BCUT2D eigenvalue weighted by Crippen LogP contribution is -2.30. The van der Waals surface area contributed by atoms with Crippen molar-refractivity contribution in [3.8, 4) is 0 Å². The Morgan fingerprint density at radius 1 is 1.40 bits per heavy atom. The first-order valence-electron chi connectivity index (χ1n) is 3.18. The summed E-state index contributed by atoms with van der Waals surface area (Å²) in [4.78, 5) is 0. The molecule has 0 bridgehead atoms. The Morgan fingerprint density at radius 2 is 1.90 bits per heavy atom. The summed E-state index contributed by atoms with van der Waals surface area (Å²) in [7, 11) is -2.95. The van der Waals surface area contributed by atoms with Crippen LogP contribution in [0, 0.1) is 0 Å². The Hall–Kier alpha value is -0.130. The molecule has 2 aliphatic heterocycles. The monoisotopic (exact) mass is 163 g/mol. The molecule has 2 heterocycles. The van der Waals surface area contributed by atoms with E-state index in [-0.39, 0.29) is 12.2 Å². The summed E-state index contributed by atoms with van der Waals surface area (Å²) in [5.74, 6) is 0. The summed E-state index contributed by atoms with van der Waals surface area (Å²) >= 11 is 0. The number of hydrogen-bond donors (Lipinski definition) is 0. The number of hydrogen-bond acceptors (Lipinski definition) is 3. The first-order chi connectivity index (χ1) is 4.57. The molecule has 0 aromatic carbocycles. The first-order valence-corrected chi connectivity index (χ1v) is 5.03. The molecule has 2 saturated heterocycles. The molecule has 0 saturated carbocycles. The van der Waals surface area contributed by atoms with Crippen LogP contribution in [-0.2, 0) is 14.8 Å². The van der Waals surface area contributed by atoms with E-state index in [4.69, 9.17) is 4.74 Å². The van der Waals surface area contributed by atoms with Gasteiger partial charge in [0.05, 0.1) is 18.5 Å². The maximum absolute atomic E-state index is 10.9. The number of fused-ring (bicyclic) bond motifs is 1. The average Bonchev–Trinajstić information content (AvgIpc) is 2.38. The van der Waals surface area contributed by atoms with Gasteiger partial charge in [-0.1, -0.05) is 0 Å². The van der Waals surface area contributed by atoms with Gasteiger partial charge >= 0.3 is 0 Å². The fraction of sp³-hybridized carbons (Fsp3) is 1.00. The Kier molecular flexibility index (Phi) is 1.13. The largest absolute Gasteiger partial charge is 0.367 e. The number of epoxide rings is 1. The van der Waals surface area contributed by atoms with Gasteiger partial charge in [-0.25, -0.2) is 8.42 Å². The SMILES string of the molecule is CS(=O)(=O)N1C[C@H]2O[C@@H]2C1. The number of sulfonamides is 1. The fourth-order valence-corrected chi connectivity index (χ4v) is 2.08. The molecule has 0 spiro atoms. The molecule has 2 fully saturated rings. The minimum absolute atomic E-state index is 0.203. The van der Waals surface area contributed by atoms with Crippen LogP contribution in [0.15, 0.2) is 0 Å². The van der Waals surface area contributed by atoms with Crippen LogP contribution < -0.4 is 0 Å². The van der Waals surface area contributed by atoms with Crippen LogP contribution in [0.25, 0.3) is 0 Å². The van der Waals surface area contributed by atoms with Gasteiger partial charge in [0.15, 0.2) is 0 Å². The maximum atomic E-state index is 10.9. The molecule has 5 heteroatoms. The second-order valence-corrected chi connectivity index (χ2v) is 4.78. The predicted molar refractivity (Wildman–Crippen MR) is 35.1 cm³/mol. The molecular weight excluding hydrogens is 154 g/mol. The van der Waals surface area contributed by atoms with Gasteiger partial charge in [-0.3, -0.25) is 0 Å². The van der Waals surface area contributed by atoms with Crippen LogP contribution >= 0.6 is 0 Å². The van der Waals surface area contributed by atoms with Gasteiger partial charge in [0.25, 0.3) is 0 Å². The topological polar surface area (TPSA) is 49.9 Å². The molecule has 2 aliphatic rings. The fourth-order valence-electron chi connectivity index (χ4n) is 1.25. The molecule has 58 valence electrons. The minimum Gasteiger partial charge on any atom is -0.367 e. The quantitative estimate of drug-likeness (QED) is 0.467. The van der Waals surface area contributed by atoms with Gasteiger partial charge < -0.3 is 4.74 Å². The molecular formula is C5H9NO3S. The zero-order valence-electron chi connectivity index (χ0n) is 5.65. The van der Waals surface area contributed by atoms with Crippen molar-refractivity contribution in [3.05, 3.63) is 0 Å². The van der Waals surface area contributed by atoms with Gasteiger partial charge in [0, 0.05) is 13.1 Å². The van der Waals surface area contributed by atoms with Crippen molar-refractivity contribution in [1.82, 2.24) is 4.31 Å². The van der Waals surface area contributed by atoms with Crippen LogP contribution in [0.4, 0.5) is 0 Å². The highest BCUT2D eigenvalue weighted by Gasteiger charge is 2.49. The smallest absolute Gasteiger partial charge is 0.211 e. The van der Waals surface area contributed by atoms with E-state index in [1.165, 1.54) is 10.6 Å². The van der Waals surface area contributed by atoms with E-state index < -0.39 is 10.0 Å². The lowest BCUT2D eigenvalue weighted by atomic mass is 10.4. The standard InChI is InChI=1S/C5H9NO3S/c1-10(7,8)6-2-4-5(3-6)9-4/h4-5H,2-3H2,1H3/t4-,5-/m1/s1. The van der Waals surface area contributed by atoms with Crippen LogP contribution in [0.3, 0.4) is 0 Å². The predicted octanol–water partition coefficient (Wildman–Crippen LogP) is -0.971. The van der Waals surface area contributed by atoms with Crippen molar-refractivity contribution < 1.29 is 13.2 Å². The Balaban J connectivity index is 2.10. The van der Waals surface area contributed by atoms with E-state index in [2.05, 4.69) is 0 Å². The normalized spacial score (nSPS) is 39.7. The third-order valence-electron chi connectivity index (χ3n) is 1.92. The van der Waals surface area contributed by atoms with Crippen LogP contribution in [0.5, 0.6) is 0 Å². The lowest BCUT2D eigenvalue weighted by molar-refractivity contribution is 0.273. The molecule has 0 radical (unpaired) electrons. The zero-order chi connectivity index (χ0) is 7.35. The number of nitrogens with zero attached hydrogens (tertiary/aromatic N) is 1. The lowest BCUT2D eigenvalue weighted by Gasteiger charge is -2.12. The molecule has 2 atom stereocenters. The van der Waals surface area contributed by atoms with E-state index in [9.17, 15) is 8.42 Å². The Morgan fingerprint density at radius 3 is 2.20 bits per heavy atom. The van der Waals surface area contributed by atoms with Gasteiger partial charge in [-0.15, -0.1) is 0 Å². The van der Waals surface area contributed by atoms with E-state index >= 15 is 0 Å². The van der Waals surface area contributed by atoms with Crippen LogP contribution in [0.2, 0.25) is 0 Å². The molecule has 0 N–H and O–H groups in total. The second kappa shape index (κ2) is 1.72. The molecule has 0 aromatic heterocycles. The van der Waals surface area contributed by atoms with E-state index in [1.54, 1.807) is 0 Å². The van der Waals surface area contributed by atoms with Crippen molar-refractivity contribution >= 4 is 10.0 Å². The van der Waals surface area contributed by atoms with Crippen LogP contribution in [0.1, 0.15) is 0 Å². The zero-order valence-corrected chi connectivity index (χ0v) is 6.47. The summed E-state index contributed by atoms with van der Waals surface area (Å²) < 4.78 is 28.3. The highest BCUT2D eigenvalue weighted by molar-refractivity contribution is 7.88. The summed E-state index contributed by atoms with van der Waals surface area (Å²) in [6, 6.07) is 0. The van der Waals surface area contributed by atoms with Crippen molar-refractivity contribution in [1.29, 1.82) is 0 Å².